The molecule has 2 aliphatic heterocycles. The number of nitrogens with one attached hydrogen (secondary N) is 1. The van der Waals surface area contributed by atoms with Gasteiger partial charge in [-0.3, -0.25) is 4.99 Å². The number of halogens is 4. The van der Waals surface area contributed by atoms with Crippen molar-refractivity contribution in [2.45, 2.75) is 23.8 Å². The molecule has 2 saturated heterocycles. The minimum absolute atomic E-state index is 0. The van der Waals surface area contributed by atoms with Gasteiger partial charge in [0.15, 0.2) is 5.96 Å². The van der Waals surface area contributed by atoms with Gasteiger partial charge in [0.25, 0.3) is 0 Å². The van der Waals surface area contributed by atoms with E-state index in [1.54, 1.807) is 13.1 Å². The Kier molecular flexibility index (Phi) is 9.41. The van der Waals surface area contributed by atoms with Gasteiger partial charge in [0.2, 0.25) is 0 Å². The van der Waals surface area contributed by atoms with Crippen LogP contribution in [-0.2, 0) is 10.9 Å². The van der Waals surface area contributed by atoms with Gasteiger partial charge in [-0.1, -0.05) is 6.07 Å². The van der Waals surface area contributed by atoms with Crippen LogP contribution >= 0.6 is 35.7 Å². The first-order chi connectivity index (χ1) is 13.9. The number of guanidine groups is 1. The molecule has 0 amide bonds. The summed E-state index contributed by atoms with van der Waals surface area (Å²) >= 11 is 1.88. The van der Waals surface area contributed by atoms with Crippen molar-refractivity contribution in [1.29, 1.82) is 0 Å². The average Bonchev–Trinajstić information content (AvgIpc) is 2.75. The number of benzene rings is 1. The fourth-order valence-corrected chi connectivity index (χ4v) is 4.62. The third-order valence-electron chi connectivity index (χ3n) is 5.74. The third kappa shape index (κ3) is 6.32. The molecule has 0 aliphatic carbocycles. The minimum Gasteiger partial charge on any atom is -0.381 e. The molecule has 0 radical (unpaired) electrons. The Balaban J connectivity index is 0.00000320. The Morgan fingerprint density at radius 2 is 1.87 bits per heavy atom. The van der Waals surface area contributed by atoms with Gasteiger partial charge in [-0.05, 0) is 37.3 Å². The van der Waals surface area contributed by atoms with Crippen LogP contribution < -0.4 is 10.2 Å². The van der Waals surface area contributed by atoms with E-state index in [1.807, 2.05) is 16.7 Å². The first-order valence-electron chi connectivity index (χ1n) is 9.88. The monoisotopic (exact) mass is 558 g/mol. The number of piperazine rings is 1. The topological polar surface area (TPSA) is 40.1 Å². The second kappa shape index (κ2) is 11.1. The van der Waals surface area contributed by atoms with Crippen LogP contribution in [0.3, 0.4) is 0 Å². The van der Waals surface area contributed by atoms with Gasteiger partial charge in [0.05, 0.1) is 5.56 Å². The molecule has 170 valence electrons. The molecule has 1 N–H and O–H groups in total. The molecule has 3 rings (SSSR count). The molecule has 0 spiro atoms. The molecule has 10 heteroatoms. The highest BCUT2D eigenvalue weighted by atomic mass is 127. The lowest BCUT2D eigenvalue weighted by atomic mass is 9.99. The maximum atomic E-state index is 13.0. The van der Waals surface area contributed by atoms with Crippen molar-refractivity contribution < 1.29 is 17.9 Å². The van der Waals surface area contributed by atoms with Gasteiger partial charge < -0.3 is 19.9 Å². The predicted octanol–water partition coefficient (Wildman–Crippen LogP) is 3.93. The van der Waals surface area contributed by atoms with Crippen LogP contribution in [0.5, 0.6) is 0 Å². The van der Waals surface area contributed by atoms with Crippen molar-refractivity contribution in [1.82, 2.24) is 10.2 Å². The van der Waals surface area contributed by atoms with Crippen LogP contribution in [0.15, 0.2) is 29.3 Å². The SMILES string of the molecule is CN=C(NCC1(SC)CCOCC1)N1CCN(c2cccc(C(F)(F)F)c2)CC1.I. The zero-order valence-electron chi connectivity index (χ0n) is 17.4. The lowest BCUT2D eigenvalue weighted by Crippen LogP contribution is -2.55. The number of nitrogens with zero attached hydrogens (tertiary/aromatic N) is 3. The van der Waals surface area contributed by atoms with Crippen molar-refractivity contribution in [2.24, 2.45) is 4.99 Å². The van der Waals surface area contributed by atoms with Gasteiger partial charge >= 0.3 is 6.18 Å². The molecular formula is C20H30F3IN4OS. The van der Waals surface area contributed by atoms with E-state index >= 15 is 0 Å². The lowest BCUT2D eigenvalue weighted by Gasteiger charge is -2.40. The third-order valence-corrected chi connectivity index (χ3v) is 7.15. The number of rotatable bonds is 4. The van der Waals surface area contributed by atoms with Crippen LogP contribution in [0.25, 0.3) is 0 Å². The van der Waals surface area contributed by atoms with Crippen molar-refractivity contribution >= 4 is 47.4 Å². The zero-order chi connectivity index (χ0) is 20.9. The molecule has 0 unspecified atom stereocenters. The second-order valence-corrected chi connectivity index (χ2v) is 8.70. The first-order valence-corrected chi connectivity index (χ1v) is 11.1. The Hall–Kier alpha value is -0.880. The summed E-state index contributed by atoms with van der Waals surface area (Å²) in [5.74, 6) is 0.855. The molecule has 30 heavy (non-hydrogen) atoms. The smallest absolute Gasteiger partial charge is 0.381 e. The maximum absolute atomic E-state index is 13.0. The van der Waals surface area contributed by atoms with Crippen LogP contribution in [0.1, 0.15) is 18.4 Å². The van der Waals surface area contributed by atoms with E-state index in [-0.39, 0.29) is 28.7 Å². The van der Waals surface area contributed by atoms with E-state index < -0.39 is 11.7 Å². The Labute approximate surface area is 197 Å². The molecule has 5 nitrogen and oxygen atoms in total. The highest BCUT2D eigenvalue weighted by molar-refractivity contribution is 14.0. The van der Waals surface area contributed by atoms with Gasteiger partial charge in [-0.25, -0.2) is 0 Å². The number of aliphatic imine (C=N–C) groups is 1. The summed E-state index contributed by atoms with van der Waals surface area (Å²) in [6, 6.07) is 5.56. The van der Waals surface area contributed by atoms with E-state index in [0.717, 1.165) is 44.6 Å². The number of alkyl halides is 3. The van der Waals surface area contributed by atoms with E-state index in [0.29, 0.717) is 31.9 Å². The minimum atomic E-state index is -4.32. The largest absolute Gasteiger partial charge is 0.416 e. The summed E-state index contributed by atoms with van der Waals surface area (Å²) in [5.41, 5.74) is 0.0136. The van der Waals surface area contributed by atoms with Gasteiger partial charge in [-0.2, -0.15) is 24.9 Å². The molecule has 0 saturated carbocycles. The number of hydrogen-bond acceptors (Lipinski definition) is 4. The highest BCUT2D eigenvalue weighted by Crippen LogP contribution is 2.33. The lowest BCUT2D eigenvalue weighted by molar-refractivity contribution is -0.137. The Bertz CT molecular complexity index is 706. The summed E-state index contributed by atoms with van der Waals surface area (Å²) in [7, 11) is 1.78. The molecule has 1 aromatic carbocycles. The van der Waals surface area contributed by atoms with E-state index in [1.165, 1.54) is 12.1 Å². The van der Waals surface area contributed by atoms with Crippen LogP contribution in [0.2, 0.25) is 0 Å². The molecule has 1 aromatic rings. The van der Waals surface area contributed by atoms with Gasteiger partial charge in [0, 0.05) is 63.4 Å². The first kappa shape index (κ1) is 25.4. The number of hydrogen-bond donors (Lipinski definition) is 1. The normalized spacial score (nSPS) is 20.0. The standard InChI is InChI=1S/C20H29F3N4OS.HI/c1-24-18(25-15-19(29-2)6-12-28-13-7-19)27-10-8-26(9-11-27)17-5-3-4-16(14-17)20(21,22)23;/h3-5,14H,6-13,15H2,1-2H3,(H,24,25);1H. The van der Waals surface area contributed by atoms with Crippen LogP contribution in [0.4, 0.5) is 18.9 Å². The second-order valence-electron chi connectivity index (χ2n) is 7.42. The summed E-state index contributed by atoms with van der Waals surface area (Å²) in [6.07, 6.45) is -0.145. The Morgan fingerprint density at radius 3 is 2.43 bits per heavy atom. The summed E-state index contributed by atoms with van der Waals surface area (Å²) in [5, 5.41) is 3.52. The molecule has 2 heterocycles. The molecule has 2 fully saturated rings. The quantitative estimate of drug-likeness (QED) is 0.345. The summed E-state index contributed by atoms with van der Waals surface area (Å²) in [6.45, 7) is 5.15. The van der Waals surface area contributed by atoms with Gasteiger partial charge in [-0.15, -0.1) is 24.0 Å². The van der Waals surface area contributed by atoms with Crippen molar-refractivity contribution in [3.05, 3.63) is 29.8 Å². The van der Waals surface area contributed by atoms with E-state index in [2.05, 4.69) is 21.5 Å². The number of ether oxygens (including phenoxy) is 1. The van der Waals surface area contributed by atoms with Crippen LogP contribution in [-0.4, -0.2) is 74.8 Å². The van der Waals surface area contributed by atoms with E-state index in [9.17, 15) is 13.2 Å². The number of anilines is 1. The molecule has 2 aliphatic rings. The number of thioether (sulfide) groups is 1. The predicted molar refractivity (Wildman–Crippen MR) is 128 cm³/mol. The van der Waals surface area contributed by atoms with E-state index in [4.69, 9.17) is 4.74 Å². The van der Waals surface area contributed by atoms with Crippen LogP contribution in [0, 0.1) is 0 Å². The highest BCUT2D eigenvalue weighted by Gasteiger charge is 2.33. The average molecular weight is 558 g/mol. The van der Waals surface area contributed by atoms with Crippen molar-refractivity contribution in [3.63, 3.8) is 0 Å². The van der Waals surface area contributed by atoms with Crippen molar-refractivity contribution in [2.75, 3.05) is 64.1 Å². The molecule has 0 aromatic heterocycles. The Morgan fingerprint density at radius 1 is 1.20 bits per heavy atom. The maximum Gasteiger partial charge on any atom is 0.416 e. The molecule has 0 atom stereocenters. The fraction of sp³-hybridized carbons (Fsp3) is 0.650. The molecule has 0 bridgehead atoms. The zero-order valence-corrected chi connectivity index (χ0v) is 20.5. The summed E-state index contributed by atoms with van der Waals surface area (Å²) < 4.78 is 44.6. The fourth-order valence-electron chi connectivity index (χ4n) is 3.82. The molecular weight excluding hydrogens is 528 g/mol. The van der Waals surface area contributed by atoms with Crippen molar-refractivity contribution in [3.8, 4) is 0 Å². The summed E-state index contributed by atoms with van der Waals surface area (Å²) in [4.78, 5) is 8.61. The van der Waals surface area contributed by atoms with Gasteiger partial charge in [0.1, 0.15) is 0 Å².